The number of aromatic nitrogens is 1. The average Bonchev–Trinajstić information content (AvgIpc) is 2.84. The number of thiazole rings is 1. The van der Waals surface area contributed by atoms with E-state index in [0.717, 1.165) is 22.3 Å². The lowest BCUT2D eigenvalue weighted by Crippen LogP contribution is -2.09. The fourth-order valence-corrected chi connectivity index (χ4v) is 3.09. The van der Waals surface area contributed by atoms with Crippen LogP contribution in [0.2, 0.25) is 0 Å². The van der Waals surface area contributed by atoms with Gasteiger partial charge < -0.3 is 4.57 Å². The van der Waals surface area contributed by atoms with Gasteiger partial charge in [-0.25, -0.2) is 0 Å². The summed E-state index contributed by atoms with van der Waals surface area (Å²) in [5, 5.41) is 8.01. The quantitative estimate of drug-likeness (QED) is 0.496. The van der Waals surface area contributed by atoms with Crippen LogP contribution in [-0.4, -0.2) is 10.8 Å². The van der Waals surface area contributed by atoms with Crippen LogP contribution in [0.1, 0.15) is 11.1 Å². The lowest BCUT2D eigenvalue weighted by Gasteiger charge is -2.06. The molecule has 2 aromatic carbocycles. The molecular weight excluding hydrogens is 323 g/mol. The zero-order chi connectivity index (χ0) is 16.4. The standard InChI is InChI=1S/C16H12F3N3S/c1-22-13-7-2-3-8-14(13)23-15(22)21-20-10-11-5-4-6-12(9-11)16(17,18)19/h2-10H,1H3/b20-10-,21-15+. The number of aryl methyl sites for hydroxylation is 1. The van der Waals surface area contributed by atoms with Gasteiger partial charge in [-0.05, 0) is 29.8 Å². The van der Waals surface area contributed by atoms with Crippen LogP contribution in [0.5, 0.6) is 0 Å². The molecule has 23 heavy (non-hydrogen) atoms. The highest BCUT2D eigenvalue weighted by molar-refractivity contribution is 7.16. The summed E-state index contributed by atoms with van der Waals surface area (Å²) in [6, 6.07) is 12.8. The van der Waals surface area contributed by atoms with Gasteiger partial charge >= 0.3 is 6.18 Å². The van der Waals surface area contributed by atoms with Crippen LogP contribution >= 0.6 is 11.3 Å². The molecule has 0 aliphatic rings. The first-order valence-corrected chi connectivity index (χ1v) is 7.56. The maximum absolute atomic E-state index is 12.7. The number of para-hydroxylation sites is 1. The van der Waals surface area contributed by atoms with Crippen molar-refractivity contribution in [3.8, 4) is 0 Å². The minimum absolute atomic E-state index is 0.354. The van der Waals surface area contributed by atoms with E-state index in [9.17, 15) is 13.2 Å². The van der Waals surface area contributed by atoms with Gasteiger partial charge in [0, 0.05) is 7.05 Å². The fourth-order valence-electron chi connectivity index (χ4n) is 2.12. The largest absolute Gasteiger partial charge is 0.416 e. The van der Waals surface area contributed by atoms with Gasteiger partial charge in [0.2, 0.25) is 4.80 Å². The molecule has 0 N–H and O–H groups in total. The van der Waals surface area contributed by atoms with E-state index in [1.54, 1.807) is 6.07 Å². The van der Waals surface area contributed by atoms with E-state index in [0.29, 0.717) is 10.4 Å². The summed E-state index contributed by atoms with van der Waals surface area (Å²) in [6.45, 7) is 0. The van der Waals surface area contributed by atoms with Crippen LogP contribution in [0.15, 0.2) is 58.7 Å². The van der Waals surface area contributed by atoms with E-state index in [2.05, 4.69) is 10.2 Å². The summed E-state index contributed by atoms with van der Waals surface area (Å²) < 4.78 is 40.9. The van der Waals surface area contributed by atoms with E-state index >= 15 is 0 Å². The van der Waals surface area contributed by atoms with Crippen molar-refractivity contribution in [3.63, 3.8) is 0 Å². The number of hydrogen-bond acceptors (Lipinski definition) is 3. The highest BCUT2D eigenvalue weighted by atomic mass is 32.1. The van der Waals surface area contributed by atoms with Crippen molar-refractivity contribution in [2.45, 2.75) is 6.18 Å². The summed E-state index contributed by atoms with van der Waals surface area (Å²) in [5.74, 6) is 0. The number of halogens is 3. The second-order valence-corrected chi connectivity index (χ2v) is 5.89. The van der Waals surface area contributed by atoms with Crippen molar-refractivity contribution in [3.05, 3.63) is 64.5 Å². The first-order chi connectivity index (χ1) is 10.9. The Labute approximate surface area is 134 Å². The average molecular weight is 335 g/mol. The predicted octanol–water partition coefficient (Wildman–Crippen LogP) is 4.19. The monoisotopic (exact) mass is 335 g/mol. The number of hydrogen-bond donors (Lipinski definition) is 0. The Hall–Kier alpha value is -2.41. The fraction of sp³-hybridized carbons (Fsp3) is 0.125. The van der Waals surface area contributed by atoms with Crippen molar-refractivity contribution in [1.82, 2.24) is 4.57 Å². The van der Waals surface area contributed by atoms with Crippen molar-refractivity contribution in [2.75, 3.05) is 0 Å². The Bertz CT molecular complexity index is 935. The third kappa shape index (κ3) is 3.34. The molecule has 0 unspecified atom stereocenters. The van der Waals surface area contributed by atoms with E-state index in [1.165, 1.54) is 23.6 Å². The molecule has 0 amide bonds. The maximum Gasteiger partial charge on any atom is 0.416 e. The highest BCUT2D eigenvalue weighted by Gasteiger charge is 2.30. The summed E-state index contributed by atoms with van der Waals surface area (Å²) >= 11 is 1.47. The van der Waals surface area contributed by atoms with E-state index in [1.807, 2.05) is 35.9 Å². The Morgan fingerprint density at radius 3 is 2.61 bits per heavy atom. The zero-order valence-electron chi connectivity index (χ0n) is 12.1. The zero-order valence-corrected chi connectivity index (χ0v) is 12.9. The third-order valence-electron chi connectivity index (χ3n) is 3.28. The summed E-state index contributed by atoms with van der Waals surface area (Å²) in [6.07, 6.45) is -3.04. The molecule has 0 atom stereocenters. The van der Waals surface area contributed by atoms with Gasteiger partial charge in [0.25, 0.3) is 0 Å². The topological polar surface area (TPSA) is 29.6 Å². The van der Waals surface area contributed by atoms with E-state index < -0.39 is 11.7 Å². The molecular formula is C16H12F3N3S. The number of benzene rings is 2. The molecule has 0 aliphatic carbocycles. The van der Waals surface area contributed by atoms with Crippen LogP contribution in [0.4, 0.5) is 13.2 Å². The van der Waals surface area contributed by atoms with E-state index in [4.69, 9.17) is 0 Å². The molecule has 3 nitrogen and oxygen atoms in total. The van der Waals surface area contributed by atoms with Gasteiger partial charge in [0.15, 0.2) is 0 Å². The first-order valence-electron chi connectivity index (χ1n) is 6.74. The molecule has 1 aromatic heterocycles. The van der Waals surface area contributed by atoms with Crippen molar-refractivity contribution in [2.24, 2.45) is 17.3 Å². The highest BCUT2D eigenvalue weighted by Crippen LogP contribution is 2.29. The second kappa shape index (κ2) is 6.00. The second-order valence-electron chi connectivity index (χ2n) is 4.88. The van der Waals surface area contributed by atoms with Crippen LogP contribution in [0.3, 0.4) is 0 Å². The molecule has 0 aliphatic heterocycles. The van der Waals surface area contributed by atoms with Crippen LogP contribution < -0.4 is 4.80 Å². The normalized spacial score (nSPS) is 13.3. The van der Waals surface area contributed by atoms with Crippen LogP contribution in [0, 0.1) is 0 Å². The van der Waals surface area contributed by atoms with Crippen molar-refractivity contribution in [1.29, 1.82) is 0 Å². The van der Waals surface area contributed by atoms with E-state index in [-0.39, 0.29) is 0 Å². The maximum atomic E-state index is 12.7. The molecule has 0 saturated carbocycles. The van der Waals surface area contributed by atoms with Gasteiger partial charge in [0.1, 0.15) is 0 Å². The molecule has 0 spiro atoms. The molecule has 7 heteroatoms. The smallest absolute Gasteiger partial charge is 0.318 e. The summed E-state index contributed by atoms with van der Waals surface area (Å²) in [5.41, 5.74) is 0.687. The molecule has 3 aromatic rings. The lowest BCUT2D eigenvalue weighted by molar-refractivity contribution is -0.137. The van der Waals surface area contributed by atoms with Gasteiger partial charge in [0.05, 0.1) is 22.0 Å². The molecule has 118 valence electrons. The van der Waals surface area contributed by atoms with Crippen molar-refractivity contribution >= 4 is 27.8 Å². The molecule has 3 rings (SSSR count). The Balaban J connectivity index is 1.92. The molecule has 0 fully saturated rings. The number of fused-ring (bicyclic) bond motifs is 1. The number of rotatable bonds is 2. The van der Waals surface area contributed by atoms with Gasteiger partial charge in [-0.3, -0.25) is 0 Å². The van der Waals surface area contributed by atoms with Crippen LogP contribution in [-0.2, 0) is 13.2 Å². The molecule has 0 bridgehead atoms. The Morgan fingerprint density at radius 1 is 1.09 bits per heavy atom. The number of nitrogens with zero attached hydrogens (tertiary/aromatic N) is 3. The molecule has 1 heterocycles. The summed E-state index contributed by atoms with van der Waals surface area (Å²) in [4.78, 5) is 0.675. The van der Waals surface area contributed by atoms with Crippen molar-refractivity contribution < 1.29 is 13.2 Å². The molecule has 0 saturated heterocycles. The van der Waals surface area contributed by atoms with Crippen LogP contribution in [0.25, 0.3) is 10.2 Å². The Morgan fingerprint density at radius 2 is 1.87 bits per heavy atom. The minimum Gasteiger partial charge on any atom is -0.318 e. The Kier molecular flexibility index (Phi) is 4.04. The summed E-state index contributed by atoms with van der Waals surface area (Å²) in [7, 11) is 1.87. The minimum atomic E-state index is -4.36. The SMILES string of the molecule is Cn1/c(=N\N=C/c2cccc(C(F)(F)F)c2)sc2ccccc21. The first kappa shape index (κ1) is 15.5. The molecule has 0 radical (unpaired) electrons. The predicted molar refractivity (Wildman–Crippen MR) is 85.4 cm³/mol. The lowest BCUT2D eigenvalue weighted by atomic mass is 10.1. The third-order valence-corrected chi connectivity index (χ3v) is 4.38. The van der Waals surface area contributed by atoms with Gasteiger partial charge in [-0.1, -0.05) is 35.6 Å². The number of alkyl halides is 3. The van der Waals surface area contributed by atoms with Gasteiger partial charge in [-0.2, -0.15) is 18.3 Å². The van der Waals surface area contributed by atoms with Gasteiger partial charge in [-0.15, -0.1) is 5.10 Å².